The fourth-order valence-electron chi connectivity index (χ4n) is 3.11. The third-order valence-electron chi connectivity index (χ3n) is 4.34. The van der Waals surface area contributed by atoms with Gasteiger partial charge in [-0.2, -0.15) is 0 Å². The number of ether oxygens (including phenoxy) is 3. The van der Waals surface area contributed by atoms with E-state index in [1.165, 1.54) is 0 Å². The second kappa shape index (κ2) is 6.72. The molecule has 0 aliphatic carbocycles. The van der Waals surface area contributed by atoms with Crippen LogP contribution in [0.25, 0.3) is 5.69 Å². The summed E-state index contributed by atoms with van der Waals surface area (Å²) in [7, 11) is 0. The molecule has 25 heavy (non-hydrogen) atoms. The second-order valence-electron chi connectivity index (χ2n) is 5.99. The van der Waals surface area contributed by atoms with Crippen LogP contribution in [0.4, 0.5) is 0 Å². The first-order valence-electron chi connectivity index (χ1n) is 8.48. The van der Waals surface area contributed by atoms with Crippen LogP contribution < -0.4 is 9.47 Å². The van der Waals surface area contributed by atoms with Crippen LogP contribution in [0.3, 0.4) is 0 Å². The lowest BCUT2D eigenvalue weighted by Gasteiger charge is -2.18. The van der Waals surface area contributed by atoms with Crippen molar-refractivity contribution in [2.45, 2.75) is 19.4 Å². The molecule has 1 aromatic heterocycles. The number of carbonyl (C=O) groups excluding carboxylic acids is 1. The number of nitrogens with zero attached hydrogens (tertiary/aromatic N) is 4. The first-order valence-corrected chi connectivity index (χ1v) is 8.48. The van der Waals surface area contributed by atoms with Crippen molar-refractivity contribution in [3.05, 3.63) is 30.1 Å². The summed E-state index contributed by atoms with van der Waals surface area (Å²) >= 11 is 0. The van der Waals surface area contributed by atoms with Crippen LogP contribution in [0, 0.1) is 0 Å². The summed E-state index contributed by atoms with van der Waals surface area (Å²) in [6.07, 6.45) is 2.61. The molecule has 132 valence electrons. The Kier molecular flexibility index (Phi) is 4.27. The Morgan fingerprint density at radius 1 is 1.32 bits per heavy atom. The third kappa shape index (κ3) is 3.17. The van der Waals surface area contributed by atoms with E-state index in [1.807, 2.05) is 25.1 Å². The van der Waals surface area contributed by atoms with Crippen LogP contribution in [-0.4, -0.2) is 64.8 Å². The normalized spacial score (nSPS) is 19.2. The zero-order valence-electron chi connectivity index (χ0n) is 14.1. The van der Waals surface area contributed by atoms with Gasteiger partial charge in [0.2, 0.25) is 0 Å². The quantitative estimate of drug-likeness (QED) is 0.832. The van der Waals surface area contributed by atoms with Crippen LogP contribution in [0.15, 0.2) is 24.4 Å². The number of fused-ring (bicyclic) bond motifs is 1. The average molecular weight is 344 g/mol. The zero-order valence-corrected chi connectivity index (χ0v) is 14.1. The Morgan fingerprint density at radius 2 is 2.16 bits per heavy atom. The smallest absolute Gasteiger partial charge is 0.276 e. The maximum atomic E-state index is 12.6. The van der Waals surface area contributed by atoms with Gasteiger partial charge in [-0.1, -0.05) is 5.21 Å². The molecule has 1 aromatic carbocycles. The summed E-state index contributed by atoms with van der Waals surface area (Å²) in [5.41, 5.74) is 1.09. The first kappa shape index (κ1) is 15.9. The highest BCUT2D eigenvalue weighted by Crippen LogP contribution is 2.31. The van der Waals surface area contributed by atoms with Crippen molar-refractivity contribution in [1.29, 1.82) is 0 Å². The molecule has 2 aliphatic rings. The molecule has 1 amide bonds. The molecule has 4 rings (SSSR count). The molecule has 8 nitrogen and oxygen atoms in total. The van der Waals surface area contributed by atoms with Crippen molar-refractivity contribution < 1.29 is 19.0 Å². The summed E-state index contributed by atoms with van der Waals surface area (Å²) in [6, 6.07) is 5.52. The molecular formula is C17H20N4O4. The molecule has 0 unspecified atom stereocenters. The van der Waals surface area contributed by atoms with E-state index in [9.17, 15) is 4.79 Å². The van der Waals surface area contributed by atoms with Gasteiger partial charge in [0, 0.05) is 25.8 Å². The largest absolute Gasteiger partial charge is 0.486 e. The second-order valence-corrected chi connectivity index (χ2v) is 5.99. The maximum Gasteiger partial charge on any atom is 0.276 e. The van der Waals surface area contributed by atoms with Crippen LogP contribution in [0.5, 0.6) is 11.5 Å². The van der Waals surface area contributed by atoms with E-state index in [-0.39, 0.29) is 12.0 Å². The van der Waals surface area contributed by atoms with Crippen LogP contribution in [0.1, 0.15) is 23.8 Å². The van der Waals surface area contributed by atoms with Crippen molar-refractivity contribution in [2.75, 3.05) is 32.9 Å². The number of rotatable bonds is 4. The number of carbonyl (C=O) groups is 1. The van der Waals surface area contributed by atoms with Crippen molar-refractivity contribution in [1.82, 2.24) is 19.9 Å². The van der Waals surface area contributed by atoms with Gasteiger partial charge in [0.25, 0.3) is 5.91 Å². The number of likely N-dealkylation sites (tertiary alicyclic amines) is 1. The zero-order chi connectivity index (χ0) is 17.2. The van der Waals surface area contributed by atoms with Gasteiger partial charge in [0.05, 0.1) is 18.0 Å². The third-order valence-corrected chi connectivity index (χ3v) is 4.34. The fraction of sp³-hybridized carbons (Fsp3) is 0.471. The Morgan fingerprint density at radius 3 is 3.00 bits per heavy atom. The SMILES string of the molecule is CCO[C@@H]1CCN(C(=O)c2cn(-c3ccc4c(c3)OCCO4)nn2)C1. The molecule has 3 heterocycles. The molecule has 2 aromatic rings. The van der Waals surface area contributed by atoms with Crippen molar-refractivity contribution >= 4 is 5.91 Å². The molecule has 0 bridgehead atoms. The van der Waals surface area contributed by atoms with Crippen molar-refractivity contribution in [3.63, 3.8) is 0 Å². The molecule has 0 N–H and O–H groups in total. The van der Waals surface area contributed by atoms with Gasteiger partial charge in [-0.15, -0.1) is 5.10 Å². The Hall–Kier alpha value is -2.61. The first-order chi connectivity index (χ1) is 12.2. The summed E-state index contributed by atoms with van der Waals surface area (Å²) in [4.78, 5) is 14.3. The summed E-state index contributed by atoms with van der Waals surface area (Å²) in [5.74, 6) is 1.27. The molecular weight excluding hydrogens is 324 g/mol. The minimum Gasteiger partial charge on any atom is -0.486 e. The topological polar surface area (TPSA) is 78.7 Å². The summed E-state index contributed by atoms with van der Waals surface area (Å²) in [5, 5.41) is 8.10. The van der Waals surface area contributed by atoms with E-state index in [4.69, 9.17) is 14.2 Å². The number of hydrogen-bond donors (Lipinski definition) is 0. The Labute approximate surface area is 145 Å². The molecule has 1 atom stereocenters. The number of aromatic nitrogens is 3. The van der Waals surface area contributed by atoms with Gasteiger partial charge in [0.1, 0.15) is 13.2 Å². The molecule has 0 saturated carbocycles. The minimum atomic E-state index is -0.119. The van der Waals surface area contributed by atoms with Crippen LogP contribution >= 0.6 is 0 Å². The van der Waals surface area contributed by atoms with E-state index >= 15 is 0 Å². The lowest BCUT2D eigenvalue weighted by Crippen LogP contribution is -2.30. The monoisotopic (exact) mass is 344 g/mol. The van der Waals surface area contributed by atoms with E-state index in [0.29, 0.717) is 50.1 Å². The average Bonchev–Trinajstić information content (AvgIpc) is 3.31. The highest BCUT2D eigenvalue weighted by Gasteiger charge is 2.28. The van der Waals surface area contributed by atoms with E-state index < -0.39 is 0 Å². The van der Waals surface area contributed by atoms with Crippen molar-refractivity contribution in [3.8, 4) is 17.2 Å². The minimum absolute atomic E-state index is 0.113. The maximum absolute atomic E-state index is 12.6. The standard InChI is InChI=1S/C17H20N4O4/c1-2-23-13-5-6-20(10-13)17(22)14-11-21(19-18-14)12-3-4-15-16(9-12)25-8-7-24-15/h3-4,9,11,13H,2,5-8,10H2,1H3/t13-/m1/s1. The van der Waals surface area contributed by atoms with Gasteiger partial charge in [0.15, 0.2) is 17.2 Å². The highest BCUT2D eigenvalue weighted by atomic mass is 16.6. The van der Waals surface area contributed by atoms with Crippen LogP contribution in [-0.2, 0) is 4.74 Å². The van der Waals surface area contributed by atoms with Gasteiger partial charge in [-0.25, -0.2) is 4.68 Å². The van der Waals surface area contributed by atoms with Crippen LogP contribution in [0.2, 0.25) is 0 Å². The summed E-state index contributed by atoms with van der Waals surface area (Å²) in [6.45, 7) is 4.97. The molecule has 0 spiro atoms. The predicted octanol–water partition coefficient (Wildman–Crippen LogP) is 1.29. The fourth-order valence-corrected chi connectivity index (χ4v) is 3.11. The van der Waals surface area contributed by atoms with E-state index in [1.54, 1.807) is 15.8 Å². The highest BCUT2D eigenvalue weighted by molar-refractivity contribution is 5.92. The van der Waals surface area contributed by atoms with Gasteiger partial charge >= 0.3 is 0 Å². The van der Waals surface area contributed by atoms with E-state index in [0.717, 1.165) is 12.1 Å². The van der Waals surface area contributed by atoms with Crippen molar-refractivity contribution in [2.24, 2.45) is 0 Å². The Balaban J connectivity index is 1.49. The lowest BCUT2D eigenvalue weighted by atomic mass is 10.2. The number of hydrogen-bond acceptors (Lipinski definition) is 6. The molecule has 8 heteroatoms. The lowest BCUT2D eigenvalue weighted by molar-refractivity contribution is 0.0595. The van der Waals surface area contributed by atoms with E-state index in [2.05, 4.69) is 10.3 Å². The van der Waals surface area contributed by atoms with Gasteiger partial charge in [-0.05, 0) is 25.5 Å². The van der Waals surface area contributed by atoms with Gasteiger partial charge < -0.3 is 19.1 Å². The predicted molar refractivity (Wildman–Crippen MR) is 88.3 cm³/mol. The van der Waals surface area contributed by atoms with Gasteiger partial charge in [-0.3, -0.25) is 4.79 Å². The Bertz CT molecular complexity index is 776. The molecule has 2 aliphatic heterocycles. The molecule has 1 fully saturated rings. The number of benzene rings is 1. The molecule has 1 saturated heterocycles. The molecule has 0 radical (unpaired) electrons. The summed E-state index contributed by atoms with van der Waals surface area (Å²) < 4.78 is 18.2. The number of amides is 1.